The number of nitrogens with zero attached hydrogens (tertiary/aromatic N) is 1. The Bertz CT molecular complexity index is 1160. The fourth-order valence-electron chi connectivity index (χ4n) is 3.83. The van der Waals surface area contributed by atoms with E-state index in [4.69, 9.17) is 0 Å². The molecule has 3 N–H and O–H groups in total. The van der Waals surface area contributed by atoms with E-state index in [9.17, 15) is 28.7 Å². The zero-order valence-corrected chi connectivity index (χ0v) is 18.4. The Morgan fingerprint density at radius 2 is 1.82 bits per heavy atom. The van der Waals surface area contributed by atoms with Crippen LogP contribution in [-0.4, -0.2) is 46.8 Å². The van der Waals surface area contributed by atoms with Crippen molar-refractivity contribution in [1.29, 1.82) is 0 Å². The summed E-state index contributed by atoms with van der Waals surface area (Å²) in [5.74, 6) is -3.19. The van der Waals surface area contributed by atoms with Crippen LogP contribution in [0.4, 0.5) is 9.18 Å². The molecule has 1 aliphatic heterocycles. The van der Waals surface area contributed by atoms with Crippen LogP contribution in [-0.2, 0) is 14.4 Å². The van der Waals surface area contributed by atoms with Gasteiger partial charge in [0.15, 0.2) is 11.8 Å². The monoisotopic (exact) mass is 453 g/mol. The second-order valence-electron chi connectivity index (χ2n) is 7.82. The smallest absolute Gasteiger partial charge is 0.316 e. The van der Waals surface area contributed by atoms with Gasteiger partial charge in [-0.1, -0.05) is 30.3 Å². The lowest BCUT2D eigenvalue weighted by atomic mass is 9.89. The van der Waals surface area contributed by atoms with Crippen molar-refractivity contribution in [3.63, 3.8) is 0 Å². The molecule has 3 amide bonds. The molecule has 33 heavy (non-hydrogen) atoms. The number of aliphatic carboxylic acids is 1. The highest BCUT2D eigenvalue weighted by Crippen LogP contribution is 2.33. The number of carbonyl (C=O) groups excluding carboxylic acids is 3. The molecule has 2 aromatic carbocycles. The summed E-state index contributed by atoms with van der Waals surface area (Å²) in [4.78, 5) is 49.5. The van der Waals surface area contributed by atoms with Gasteiger partial charge in [0, 0.05) is 24.9 Å². The van der Waals surface area contributed by atoms with Gasteiger partial charge in [0.25, 0.3) is 5.91 Å². The van der Waals surface area contributed by atoms with Crippen LogP contribution in [0.1, 0.15) is 29.2 Å². The predicted octanol–water partition coefficient (Wildman–Crippen LogP) is 2.85. The van der Waals surface area contributed by atoms with Gasteiger partial charge in [-0.25, -0.2) is 9.18 Å². The van der Waals surface area contributed by atoms with Crippen LogP contribution in [0.2, 0.25) is 0 Å². The number of aryl methyl sites for hydroxylation is 1. The van der Waals surface area contributed by atoms with Gasteiger partial charge < -0.3 is 20.6 Å². The summed E-state index contributed by atoms with van der Waals surface area (Å²) >= 11 is 0. The Balaban J connectivity index is 1.94. The lowest BCUT2D eigenvalue weighted by molar-refractivity contribution is -0.138. The third kappa shape index (κ3) is 5.08. The van der Waals surface area contributed by atoms with Gasteiger partial charge in [-0.15, -0.1) is 0 Å². The lowest BCUT2D eigenvalue weighted by Crippen LogP contribution is -2.55. The number of carbonyl (C=O) groups is 4. The van der Waals surface area contributed by atoms with Crippen molar-refractivity contribution in [2.45, 2.75) is 32.4 Å². The number of halogens is 1. The van der Waals surface area contributed by atoms with E-state index in [-0.39, 0.29) is 5.56 Å². The van der Waals surface area contributed by atoms with Crippen molar-refractivity contribution >= 4 is 23.7 Å². The van der Waals surface area contributed by atoms with Crippen LogP contribution in [0.5, 0.6) is 0 Å². The Labute approximate surface area is 190 Å². The third-order valence-electron chi connectivity index (χ3n) is 5.55. The van der Waals surface area contributed by atoms with Crippen LogP contribution in [0.15, 0.2) is 48.7 Å². The number of carboxylic acid groups (broad SMARTS) is 1. The molecule has 3 rings (SSSR count). The average Bonchev–Trinajstić information content (AvgIpc) is 2.74. The predicted molar refractivity (Wildman–Crippen MR) is 119 cm³/mol. The number of amides is 3. The maximum absolute atomic E-state index is 14.9. The third-order valence-corrected chi connectivity index (χ3v) is 5.55. The number of hydrogen-bond acceptors (Lipinski definition) is 4. The maximum atomic E-state index is 14.9. The lowest BCUT2D eigenvalue weighted by Gasteiger charge is -2.26. The molecule has 2 atom stereocenters. The number of hydrogen-bond donors (Lipinski definition) is 3. The van der Waals surface area contributed by atoms with Crippen molar-refractivity contribution < 1.29 is 28.7 Å². The summed E-state index contributed by atoms with van der Waals surface area (Å²) in [7, 11) is 1.43. The standard InChI is InChI=1S/C24H24FN3O5/c1-13-6-4-5-7-15(13)16-8-9-17(25)21(14(16)2)18(12-20(30)31)26-24(33)27-22-19(29)10-11-28(3)23(22)32/h4-11,18,22H,12H2,1-3H3,(H,30,31)(H2,26,27,33). The van der Waals surface area contributed by atoms with Crippen molar-refractivity contribution in [3.05, 3.63) is 71.2 Å². The van der Waals surface area contributed by atoms with Gasteiger partial charge in [-0.3, -0.25) is 14.4 Å². The highest BCUT2D eigenvalue weighted by atomic mass is 19.1. The van der Waals surface area contributed by atoms with Crippen LogP contribution >= 0.6 is 0 Å². The SMILES string of the molecule is Cc1ccccc1-c1ccc(F)c(C(CC(=O)O)NC(=O)NC2C(=O)C=CN(C)C2=O)c1C. The Morgan fingerprint density at radius 1 is 1.12 bits per heavy atom. The highest BCUT2D eigenvalue weighted by molar-refractivity contribution is 6.14. The molecule has 0 radical (unpaired) electrons. The van der Waals surface area contributed by atoms with E-state index >= 15 is 0 Å². The van der Waals surface area contributed by atoms with Crippen LogP contribution in [0.3, 0.4) is 0 Å². The fraction of sp³-hybridized carbons (Fsp3) is 0.250. The van der Waals surface area contributed by atoms with Gasteiger partial charge in [-0.2, -0.15) is 0 Å². The minimum atomic E-state index is -1.45. The number of rotatable bonds is 6. The van der Waals surface area contributed by atoms with Gasteiger partial charge in [0.05, 0.1) is 12.5 Å². The van der Waals surface area contributed by atoms with Crippen molar-refractivity contribution in [3.8, 4) is 11.1 Å². The molecule has 1 heterocycles. The van der Waals surface area contributed by atoms with Crippen molar-refractivity contribution in [1.82, 2.24) is 15.5 Å². The summed E-state index contributed by atoms with van der Waals surface area (Å²) in [5.41, 5.74) is 2.99. The second kappa shape index (κ2) is 9.64. The zero-order chi connectivity index (χ0) is 24.3. The zero-order valence-electron chi connectivity index (χ0n) is 18.4. The Morgan fingerprint density at radius 3 is 2.48 bits per heavy atom. The topological polar surface area (TPSA) is 116 Å². The minimum Gasteiger partial charge on any atom is -0.481 e. The first-order valence-electron chi connectivity index (χ1n) is 10.2. The number of benzene rings is 2. The fourth-order valence-corrected chi connectivity index (χ4v) is 3.83. The van der Waals surface area contributed by atoms with Crippen LogP contribution in [0.25, 0.3) is 11.1 Å². The normalized spacial score (nSPS) is 16.5. The molecule has 2 aromatic rings. The summed E-state index contributed by atoms with van der Waals surface area (Å²) in [5, 5.41) is 14.1. The summed E-state index contributed by atoms with van der Waals surface area (Å²) in [6, 6.07) is 6.67. The quantitative estimate of drug-likeness (QED) is 0.582. The van der Waals surface area contributed by atoms with Crippen molar-refractivity contribution in [2.24, 2.45) is 0 Å². The Kier molecular flexibility index (Phi) is 6.91. The molecule has 0 aromatic heterocycles. The average molecular weight is 453 g/mol. The van der Waals surface area contributed by atoms with Gasteiger partial charge in [-0.05, 0) is 42.2 Å². The van der Waals surface area contributed by atoms with E-state index in [1.54, 1.807) is 13.0 Å². The molecule has 8 nitrogen and oxygen atoms in total. The molecule has 0 saturated heterocycles. The molecular weight excluding hydrogens is 429 g/mol. The second-order valence-corrected chi connectivity index (χ2v) is 7.82. The molecule has 0 bridgehead atoms. The molecule has 0 aliphatic carbocycles. The van der Waals surface area contributed by atoms with Gasteiger partial charge >= 0.3 is 12.0 Å². The summed E-state index contributed by atoms with van der Waals surface area (Å²) in [6.07, 6.45) is 1.83. The first-order valence-corrected chi connectivity index (χ1v) is 10.2. The first kappa shape index (κ1) is 23.6. The van der Waals surface area contributed by atoms with E-state index < -0.39 is 48.0 Å². The number of likely N-dealkylation sites (N-methyl/N-ethyl adjacent to an activating group) is 1. The number of ketones is 1. The molecule has 2 unspecified atom stereocenters. The first-order chi connectivity index (χ1) is 15.6. The van der Waals surface area contributed by atoms with E-state index in [0.29, 0.717) is 11.1 Å². The van der Waals surface area contributed by atoms with Gasteiger partial charge in [0.2, 0.25) is 0 Å². The molecule has 0 fully saturated rings. The van der Waals surface area contributed by atoms with E-state index in [1.807, 2.05) is 31.2 Å². The minimum absolute atomic E-state index is 0.0200. The van der Waals surface area contributed by atoms with E-state index in [0.717, 1.165) is 22.1 Å². The summed E-state index contributed by atoms with van der Waals surface area (Å²) in [6.45, 7) is 3.56. The molecule has 9 heteroatoms. The molecule has 0 spiro atoms. The van der Waals surface area contributed by atoms with E-state index in [2.05, 4.69) is 10.6 Å². The van der Waals surface area contributed by atoms with Crippen LogP contribution in [0, 0.1) is 19.7 Å². The maximum Gasteiger partial charge on any atom is 0.316 e. The van der Waals surface area contributed by atoms with Crippen LogP contribution < -0.4 is 10.6 Å². The molecule has 0 saturated carbocycles. The largest absolute Gasteiger partial charge is 0.481 e. The number of nitrogens with one attached hydrogen (secondary N) is 2. The van der Waals surface area contributed by atoms with Crippen molar-refractivity contribution in [2.75, 3.05) is 7.05 Å². The molecular formula is C24H24FN3O5. The van der Waals surface area contributed by atoms with E-state index in [1.165, 1.54) is 19.3 Å². The Hall–Kier alpha value is -4.01. The number of urea groups is 1. The highest BCUT2D eigenvalue weighted by Gasteiger charge is 2.33. The summed E-state index contributed by atoms with van der Waals surface area (Å²) < 4.78 is 14.9. The number of carboxylic acids is 1. The van der Waals surface area contributed by atoms with Gasteiger partial charge in [0.1, 0.15) is 5.82 Å². The molecule has 172 valence electrons. The molecule has 1 aliphatic rings.